The summed E-state index contributed by atoms with van der Waals surface area (Å²) >= 11 is 0. The van der Waals surface area contributed by atoms with Crippen molar-refractivity contribution in [2.75, 3.05) is 39.6 Å². The van der Waals surface area contributed by atoms with Crippen LogP contribution in [0.4, 0.5) is 5.69 Å². The Kier molecular flexibility index (Phi) is 7.46. The third kappa shape index (κ3) is 5.60. The summed E-state index contributed by atoms with van der Waals surface area (Å²) in [6, 6.07) is 15.4. The number of carbonyl (C=O) groups is 2. The first kappa shape index (κ1) is 21.8. The third-order valence-electron chi connectivity index (χ3n) is 5.51. The van der Waals surface area contributed by atoms with Gasteiger partial charge in [-0.3, -0.25) is 14.5 Å². The lowest BCUT2D eigenvalue weighted by Crippen LogP contribution is -2.36. The van der Waals surface area contributed by atoms with Gasteiger partial charge in [0, 0.05) is 31.4 Å². The smallest absolute Gasteiger partial charge is 0.253 e. The van der Waals surface area contributed by atoms with Crippen LogP contribution in [0.1, 0.15) is 47.6 Å². The molecule has 1 N–H and O–H groups in total. The minimum atomic E-state index is -0.0850. The number of nitrogens with zero attached hydrogens (tertiary/aromatic N) is 2. The number of likely N-dealkylation sites (tertiary alicyclic amines) is 1. The summed E-state index contributed by atoms with van der Waals surface area (Å²) < 4.78 is 5.28. The Labute approximate surface area is 178 Å². The molecule has 160 valence electrons. The second-order valence-corrected chi connectivity index (χ2v) is 7.94. The van der Waals surface area contributed by atoms with Crippen molar-refractivity contribution >= 4 is 17.5 Å². The van der Waals surface area contributed by atoms with Gasteiger partial charge in [0.1, 0.15) is 5.75 Å². The topological polar surface area (TPSA) is 61.9 Å². The second-order valence-electron chi connectivity index (χ2n) is 7.94. The SMILES string of the molecule is COc1ccc([C@@H]2CCCCCN2CC(=O)Nc2cccc(C(=O)N(C)C)c2)cc1. The zero-order valence-corrected chi connectivity index (χ0v) is 18.1. The molecule has 0 spiro atoms. The van der Waals surface area contributed by atoms with Gasteiger partial charge in [0.15, 0.2) is 0 Å². The largest absolute Gasteiger partial charge is 0.497 e. The van der Waals surface area contributed by atoms with E-state index in [4.69, 9.17) is 4.74 Å². The number of ether oxygens (including phenoxy) is 1. The molecule has 30 heavy (non-hydrogen) atoms. The van der Waals surface area contributed by atoms with Crippen LogP contribution < -0.4 is 10.1 Å². The number of nitrogens with one attached hydrogen (secondary N) is 1. The quantitative estimate of drug-likeness (QED) is 0.785. The van der Waals surface area contributed by atoms with Gasteiger partial charge in [0.2, 0.25) is 5.91 Å². The number of amides is 2. The molecule has 1 atom stereocenters. The van der Waals surface area contributed by atoms with Gasteiger partial charge in [-0.15, -0.1) is 0 Å². The maximum atomic E-state index is 12.8. The van der Waals surface area contributed by atoms with Crippen LogP contribution in [-0.2, 0) is 4.79 Å². The normalized spacial score (nSPS) is 17.1. The zero-order chi connectivity index (χ0) is 21.5. The molecule has 6 nitrogen and oxygen atoms in total. The van der Waals surface area contributed by atoms with E-state index in [2.05, 4.69) is 22.3 Å². The molecular weight excluding hydrogens is 378 g/mol. The van der Waals surface area contributed by atoms with Crippen molar-refractivity contribution in [3.63, 3.8) is 0 Å². The number of carbonyl (C=O) groups excluding carboxylic acids is 2. The van der Waals surface area contributed by atoms with Crippen LogP contribution in [0.5, 0.6) is 5.75 Å². The van der Waals surface area contributed by atoms with E-state index in [-0.39, 0.29) is 17.9 Å². The molecule has 0 bridgehead atoms. The summed E-state index contributed by atoms with van der Waals surface area (Å²) in [5.41, 5.74) is 2.41. The maximum absolute atomic E-state index is 12.8. The number of methoxy groups -OCH3 is 1. The maximum Gasteiger partial charge on any atom is 0.253 e. The lowest BCUT2D eigenvalue weighted by molar-refractivity contribution is -0.117. The minimum absolute atomic E-state index is 0.0649. The summed E-state index contributed by atoms with van der Waals surface area (Å²) in [6.45, 7) is 1.21. The molecular formula is C24H31N3O3. The van der Waals surface area contributed by atoms with Gasteiger partial charge in [-0.25, -0.2) is 0 Å². The van der Waals surface area contributed by atoms with Crippen LogP contribution in [0, 0.1) is 0 Å². The van der Waals surface area contributed by atoms with Crippen molar-refractivity contribution in [3.05, 3.63) is 59.7 Å². The number of hydrogen-bond acceptors (Lipinski definition) is 4. The summed E-state index contributed by atoms with van der Waals surface area (Å²) in [6.07, 6.45) is 4.46. The van der Waals surface area contributed by atoms with E-state index < -0.39 is 0 Å². The number of hydrogen-bond donors (Lipinski definition) is 1. The molecule has 2 aromatic rings. The Morgan fingerprint density at radius 2 is 1.87 bits per heavy atom. The highest BCUT2D eigenvalue weighted by Crippen LogP contribution is 2.31. The van der Waals surface area contributed by atoms with E-state index in [1.54, 1.807) is 39.4 Å². The summed E-state index contributed by atoms with van der Waals surface area (Å²) in [5.74, 6) is 0.687. The number of anilines is 1. The second kappa shape index (κ2) is 10.3. The molecule has 1 aliphatic heterocycles. The summed E-state index contributed by atoms with van der Waals surface area (Å²) in [5, 5.41) is 2.96. The zero-order valence-electron chi connectivity index (χ0n) is 18.1. The van der Waals surface area contributed by atoms with E-state index >= 15 is 0 Å². The predicted octanol–water partition coefficient (Wildman–Crippen LogP) is 3.95. The fourth-order valence-corrected chi connectivity index (χ4v) is 3.93. The van der Waals surface area contributed by atoms with Crippen LogP contribution in [0.25, 0.3) is 0 Å². The van der Waals surface area contributed by atoms with Crippen molar-refractivity contribution in [1.82, 2.24) is 9.80 Å². The van der Waals surface area contributed by atoms with Crippen LogP contribution >= 0.6 is 0 Å². The molecule has 1 aliphatic rings. The Bertz CT molecular complexity index is 864. The average molecular weight is 410 g/mol. The highest BCUT2D eigenvalue weighted by molar-refractivity contribution is 5.97. The number of benzene rings is 2. The van der Waals surface area contributed by atoms with E-state index in [0.29, 0.717) is 17.8 Å². The number of rotatable bonds is 6. The molecule has 0 radical (unpaired) electrons. The van der Waals surface area contributed by atoms with Crippen molar-refractivity contribution in [2.24, 2.45) is 0 Å². The Morgan fingerprint density at radius 3 is 2.57 bits per heavy atom. The standard InChI is InChI=1S/C24H31N3O3/c1-26(2)24(29)19-8-7-9-20(16-19)25-23(28)17-27-15-6-4-5-10-22(27)18-11-13-21(30-3)14-12-18/h7-9,11-14,16,22H,4-6,10,15,17H2,1-3H3,(H,25,28)/t22-/m0/s1. The van der Waals surface area contributed by atoms with Crippen molar-refractivity contribution in [3.8, 4) is 5.75 Å². The van der Waals surface area contributed by atoms with E-state index in [9.17, 15) is 9.59 Å². The highest BCUT2D eigenvalue weighted by Gasteiger charge is 2.24. The van der Waals surface area contributed by atoms with Crippen molar-refractivity contribution in [2.45, 2.75) is 31.7 Å². The van der Waals surface area contributed by atoms with E-state index in [0.717, 1.165) is 31.6 Å². The fourth-order valence-electron chi connectivity index (χ4n) is 3.93. The van der Waals surface area contributed by atoms with Crippen LogP contribution in [0.2, 0.25) is 0 Å². The van der Waals surface area contributed by atoms with Crippen molar-refractivity contribution < 1.29 is 14.3 Å². The first-order valence-electron chi connectivity index (χ1n) is 10.5. The molecule has 1 fully saturated rings. The van der Waals surface area contributed by atoms with Gasteiger partial charge in [-0.2, -0.15) is 0 Å². The molecule has 0 aliphatic carbocycles. The highest BCUT2D eigenvalue weighted by atomic mass is 16.5. The minimum Gasteiger partial charge on any atom is -0.497 e. The van der Waals surface area contributed by atoms with Gasteiger partial charge in [-0.1, -0.05) is 31.0 Å². The van der Waals surface area contributed by atoms with E-state index in [1.807, 2.05) is 18.2 Å². The molecule has 3 rings (SSSR count). The first-order chi connectivity index (χ1) is 14.5. The summed E-state index contributed by atoms with van der Waals surface area (Å²) in [4.78, 5) is 28.8. The molecule has 6 heteroatoms. The van der Waals surface area contributed by atoms with Gasteiger partial charge < -0.3 is 15.0 Å². The lowest BCUT2D eigenvalue weighted by atomic mass is 10.0. The van der Waals surface area contributed by atoms with Gasteiger partial charge in [0.25, 0.3) is 5.91 Å². The first-order valence-corrected chi connectivity index (χ1v) is 10.5. The fraction of sp³-hybridized carbons (Fsp3) is 0.417. The average Bonchev–Trinajstić information content (AvgIpc) is 2.98. The molecule has 1 saturated heterocycles. The molecule has 2 aromatic carbocycles. The Morgan fingerprint density at radius 1 is 1.10 bits per heavy atom. The third-order valence-corrected chi connectivity index (χ3v) is 5.51. The van der Waals surface area contributed by atoms with E-state index in [1.165, 1.54) is 16.9 Å². The molecule has 2 amide bonds. The van der Waals surface area contributed by atoms with Gasteiger partial charge in [-0.05, 0) is 55.3 Å². The molecule has 1 heterocycles. The van der Waals surface area contributed by atoms with Crippen LogP contribution in [0.3, 0.4) is 0 Å². The van der Waals surface area contributed by atoms with Crippen molar-refractivity contribution in [1.29, 1.82) is 0 Å². The Hall–Kier alpha value is -2.86. The van der Waals surface area contributed by atoms with Crippen LogP contribution in [0.15, 0.2) is 48.5 Å². The summed E-state index contributed by atoms with van der Waals surface area (Å²) in [7, 11) is 5.09. The molecule has 0 saturated carbocycles. The van der Waals surface area contributed by atoms with Gasteiger partial charge in [0.05, 0.1) is 13.7 Å². The predicted molar refractivity (Wildman–Crippen MR) is 119 cm³/mol. The molecule has 0 aromatic heterocycles. The van der Waals surface area contributed by atoms with Gasteiger partial charge >= 0.3 is 0 Å². The molecule has 0 unspecified atom stereocenters. The lowest BCUT2D eigenvalue weighted by Gasteiger charge is -2.30. The van der Waals surface area contributed by atoms with Crippen LogP contribution in [-0.4, -0.2) is 55.9 Å². The monoisotopic (exact) mass is 409 g/mol. The Balaban J connectivity index is 1.70.